The van der Waals surface area contributed by atoms with Crippen molar-refractivity contribution in [3.8, 4) is 0 Å². The van der Waals surface area contributed by atoms with Crippen LogP contribution in [0, 0.1) is 11.3 Å². The van der Waals surface area contributed by atoms with E-state index in [1.165, 1.54) is 11.0 Å². The first kappa shape index (κ1) is 35.3. The number of nitrogens with one attached hydrogen (secondary N) is 3. The molecule has 2 fully saturated rings. The number of benzene rings is 2. The predicted molar refractivity (Wildman–Crippen MR) is 178 cm³/mol. The Morgan fingerprint density at radius 1 is 1.07 bits per heavy atom. The number of thioether (sulfide) groups is 1. The molecule has 0 bridgehead atoms. The van der Waals surface area contributed by atoms with Crippen LogP contribution in [0.2, 0.25) is 0 Å². The monoisotopic (exact) mass is 672 g/mol. The number of fused-ring (bicyclic) bond motifs is 1. The number of amides is 4. The fourth-order valence-corrected chi connectivity index (χ4v) is 7.40. The van der Waals surface area contributed by atoms with Crippen molar-refractivity contribution in [2.75, 3.05) is 12.8 Å². The fourth-order valence-electron chi connectivity index (χ4n) is 5.64. The lowest BCUT2D eigenvalue weighted by molar-refractivity contribution is -0.142. The molecule has 1 aliphatic carbocycles. The molecule has 2 aromatic rings. The molecule has 1 aliphatic heterocycles. The van der Waals surface area contributed by atoms with E-state index >= 15 is 0 Å². The molecule has 2 aromatic carbocycles. The van der Waals surface area contributed by atoms with Crippen molar-refractivity contribution < 1.29 is 32.3 Å². The molecular formula is C33H44N4O7S2. The first-order chi connectivity index (χ1) is 21.2. The largest absolute Gasteiger partial charge is 0.444 e. The first-order valence-electron chi connectivity index (χ1n) is 15.1. The lowest BCUT2D eigenvalue weighted by Gasteiger charge is -2.36. The van der Waals surface area contributed by atoms with Gasteiger partial charge in [0.2, 0.25) is 21.8 Å². The van der Waals surface area contributed by atoms with Gasteiger partial charge in [-0.25, -0.2) is 13.2 Å². The molecule has 3 N–H and O–H groups in total. The molecule has 1 saturated heterocycles. The molecule has 2 aliphatic rings. The van der Waals surface area contributed by atoms with Gasteiger partial charge >= 0.3 is 6.09 Å². The molecule has 0 aromatic heterocycles. The molecular weight excluding hydrogens is 629 g/mol. The highest BCUT2D eigenvalue weighted by Crippen LogP contribution is 2.45. The number of nitrogens with zero attached hydrogens (tertiary/aromatic N) is 1. The number of carbonyl (C=O) groups excluding carboxylic acids is 4. The van der Waals surface area contributed by atoms with Gasteiger partial charge in [-0.1, -0.05) is 57.2 Å². The maximum atomic E-state index is 14.3. The number of sulfonamides is 1. The number of carbonyl (C=O) groups is 4. The SMILES string of the molecule is C=CC1CC1(NC(=O)[C@@H]1C[C@@H](Sc2ccc3ccccc3c2)CN1C(=O)C(NC(=O)OC(C)(C)C)C(C)(C)C)C(=O)NS(C)(=O)=O. The zero-order valence-electron chi connectivity index (χ0n) is 27.4. The predicted octanol–water partition coefficient (Wildman–Crippen LogP) is 3.98. The van der Waals surface area contributed by atoms with Gasteiger partial charge in [0.1, 0.15) is 23.2 Å². The van der Waals surface area contributed by atoms with Crippen molar-refractivity contribution in [3.05, 3.63) is 55.1 Å². The number of alkyl carbamates (subject to hydrolysis) is 1. The summed E-state index contributed by atoms with van der Waals surface area (Å²) in [5, 5.41) is 7.45. The Hall–Kier alpha value is -3.58. The fraction of sp³-hybridized carbons (Fsp3) is 0.515. The number of hydrogen-bond donors (Lipinski definition) is 3. The van der Waals surface area contributed by atoms with Crippen LogP contribution < -0.4 is 15.4 Å². The number of rotatable bonds is 9. The molecule has 0 spiro atoms. The molecule has 1 heterocycles. The maximum absolute atomic E-state index is 14.3. The minimum Gasteiger partial charge on any atom is -0.444 e. The molecule has 46 heavy (non-hydrogen) atoms. The highest BCUT2D eigenvalue weighted by atomic mass is 32.2. The van der Waals surface area contributed by atoms with E-state index in [1.807, 2.05) is 61.9 Å². The second-order valence-electron chi connectivity index (χ2n) is 14.1. The Balaban J connectivity index is 1.64. The van der Waals surface area contributed by atoms with Gasteiger partial charge in [-0.05, 0) is 61.9 Å². The van der Waals surface area contributed by atoms with Crippen LogP contribution in [-0.2, 0) is 29.1 Å². The van der Waals surface area contributed by atoms with Crippen LogP contribution in [0.3, 0.4) is 0 Å². The lowest BCUT2D eigenvalue weighted by Crippen LogP contribution is -2.60. The summed E-state index contributed by atoms with van der Waals surface area (Å²) in [6.45, 7) is 14.5. The van der Waals surface area contributed by atoms with Gasteiger partial charge in [-0.3, -0.25) is 19.1 Å². The van der Waals surface area contributed by atoms with E-state index in [-0.39, 0.29) is 24.6 Å². The highest BCUT2D eigenvalue weighted by molar-refractivity contribution is 8.00. The molecule has 3 unspecified atom stereocenters. The summed E-state index contributed by atoms with van der Waals surface area (Å²) in [4.78, 5) is 56.6. The minimum atomic E-state index is -3.89. The zero-order valence-corrected chi connectivity index (χ0v) is 29.0. The van der Waals surface area contributed by atoms with Crippen molar-refractivity contribution in [2.45, 2.75) is 87.8 Å². The Morgan fingerprint density at radius 2 is 1.72 bits per heavy atom. The Kier molecular flexibility index (Phi) is 9.90. The van der Waals surface area contributed by atoms with E-state index in [2.05, 4.69) is 23.3 Å². The molecule has 4 rings (SSSR count). The smallest absolute Gasteiger partial charge is 0.408 e. The van der Waals surface area contributed by atoms with Crippen LogP contribution in [0.25, 0.3) is 10.8 Å². The maximum Gasteiger partial charge on any atom is 0.408 e. The quantitative estimate of drug-likeness (QED) is 0.339. The van der Waals surface area contributed by atoms with Crippen LogP contribution >= 0.6 is 11.8 Å². The standard InChI is InChI=1S/C33H44N4O7S2/c1-9-22-18-33(22,29(40)36-46(8,42)43)35-27(38)25-17-24(45-23-15-14-20-12-10-11-13-21(20)16-23)19-37(25)28(39)26(31(2,3)4)34-30(41)44-32(5,6)7/h9-16,22,24-26H,1,17-19H2,2-8H3,(H,34,41)(H,35,38)(H,36,40)/t22?,24-,25+,26?,33?/m1/s1. The summed E-state index contributed by atoms with van der Waals surface area (Å²) in [5.74, 6) is -2.40. The van der Waals surface area contributed by atoms with Gasteiger partial charge in [0.25, 0.3) is 5.91 Å². The average Bonchev–Trinajstić information content (AvgIpc) is 3.48. The lowest BCUT2D eigenvalue weighted by atomic mass is 9.85. The van der Waals surface area contributed by atoms with Crippen molar-refractivity contribution in [1.29, 1.82) is 0 Å². The molecule has 4 amide bonds. The summed E-state index contributed by atoms with van der Waals surface area (Å²) in [7, 11) is -3.89. The molecule has 11 nitrogen and oxygen atoms in total. The van der Waals surface area contributed by atoms with Crippen molar-refractivity contribution in [3.63, 3.8) is 0 Å². The van der Waals surface area contributed by atoms with Gasteiger partial charge in [-0.2, -0.15) is 0 Å². The van der Waals surface area contributed by atoms with Crippen LogP contribution in [0.4, 0.5) is 4.79 Å². The van der Waals surface area contributed by atoms with Crippen LogP contribution in [0.1, 0.15) is 54.4 Å². The second kappa shape index (κ2) is 12.9. The van der Waals surface area contributed by atoms with Crippen molar-refractivity contribution in [1.82, 2.24) is 20.3 Å². The van der Waals surface area contributed by atoms with Crippen molar-refractivity contribution >= 4 is 56.4 Å². The minimum absolute atomic E-state index is 0.171. The van der Waals surface area contributed by atoms with E-state index in [1.54, 1.807) is 32.5 Å². The topological polar surface area (TPSA) is 151 Å². The zero-order chi connectivity index (χ0) is 34.2. The summed E-state index contributed by atoms with van der Waals surface area (Å²) in [6.07, 6.45) is 2.04. The van der Waals surface area contributed by atoms with Crippen molar-refractivity contribution in [2.24, 2.45) is 11.3 Å². The van der Waals surface area contributed by atoms with E-state index in [0.717, 1.165) is 21.9 Å². The number of hydrogen-bond acceptors (Lipinski definition) is 8. The highest BCUT2D eigenvalue weighted by Gasteiger charge is 2.61. The third kappa shape index (κ3) is 8.41. The van der Waals surface area contributed by atoms with E-state index in [9.17, 15) is 27.6 Å². The molecule has 5 atom stereocenters. The van der Waals surface area contributed by atoms with Crippen LogP contribution in [-0.4, -0.2) is 78.4 Å². The average molecular weight is 673 g/mol. The third-order valence-electron chi connectivity index (χ3n) is 7.97. The number of likely N-dealkylation sites (tertiary alicyclic amines) is 1. The first-order valence-corrected chi connectivity index (χ1v) is 17.9. The van der Waals surface area contributed by atoms with Gasteiger partial charge in [0.05, 0.1) is 6.26 Å². The molecule has 250 valence electrons. The molecule has 1 saturated carbocycles. The Labute approximate surface area is 275 Å². The Bertz CT molecular complexity index is 1650. The van der Waals surface area contributed by atoms with Crippen LogP contribution in [0.15, 0.2) is 60.0 Å². The van der Waals surface area contributed by atoms with Gasteiger partial charge < -0.3 is 20.3 Å². The third-order valence-corrected chi connectivity index (χ3v) is 9.73. The summed E-state index contributed by atoms with van der Waals surface area (Å²) in [6, 6.07) is 12.0. The second-order valence-corrected chi connectivity index (χ2v) is 17.3. The molecule has 13 heteroatoms. The Morgan fingerprint density at radius 3 is 2.28 bits per heavy atom. The van der Waals surface area contributed by atoms with E-state index in [0.29, 0.717) is 0 Å². The van der Waals surface area contributed by atoms with Gasteiger partial charge in [-0.15, -0.1) is 18.3 Å². The summed E-state index contributed by atoms with van der Waals surface area (Å²) >= 11 is 1.54. The van der Waals surface area contributed by atoms with E-state index in [4.69, 9.17) is 4.74 Å². The summed E-state index contributed by atoms with van der Waals surface area (Å²) < 4.78 is 31.1. The normalized spacial score (nSPS) is 23.7. The van der Waals surface area contributed by atoms with Gasteiger partial charge in [0.15, 0.2) is 0 Å². The van der Waals surface area contributed by atoms with Crippen LogP contribution in [0.5, 0.6) is 0 Å². The summed E-state index contributed by atoms with van der Waals surface area (Å²) in [5.41, 5.74) is -3.04. The molecule has 0 radical (unpaired) electrons. The van der Waals surface area contributed by atoms with Gasteiger partial charge in [0, 0.05) is 22.6 Å². The van der Waals surface area contributed by atoms with E-state index < -0.39 is 68.4 Å². The number of ether oxygens (including phenoxy) is 1.